The minimum absolute atomic E-state index is 0.0734. The van der Waals surface area contributed by atoms with Crippen LogP contribution in [0.1, 0.15) is 117 Å². The third-order valence-electron chi connectivity index (χ3n) is 8.59. The Balaban J connectivity index is 1.43. The van der Waals surface area contributed by atoms with E-state index in [1.54, 1.807) is 49.9 Å². The van der Waals surface area contributed by atoms with E-state index in [0.717, 1.165) is 51.8 Å². The van der Waals surface area contributed by atoms with Crippen molar-refractivity contribution >= 4 is 84.3 Å². The van der Waals surface area contributed by atoms with Crippen LogP contribution in [0.3, 0.4) is 0 Å². The number of thiophene rings is 4. The van der Waals surface area contributed by atoms with Crippen LogP contribution >= 0.6 is 45.3 Å². The second-order valence-electron chi connectivity index (χ2n) is 11.7. The van der Waals surface area contributed by atoms with Crippen molar-refractivity contribution in [3.63, 3.8) is 0 Å². The predicted molar refractivity (Wildman–Crippen MR) is 187 cm³/mol. The summed E-state index contributed by atoms with van der Waals surface area (Å²) in [5, 5.41) is 5.69. The lowest BCUT2D eigenvalue weighted by atomic mass is 9.93. The molecule has 41 heavy (non-hydrogen) atoms. The number of hydrogen-bond donors (Lipinski definition) is 0. The summed E-state index contributed by atoms with van der Waals surface area (Å²) in [6.07, 6.45) is 20.3. The molecule has 0 spiro atoms. The van der Waals surface area contributed by atoms with Crippen LogP contribution in [0.25, 0.3) is 39.0 Å². The van der Waals surface area contributed by atoms with Gasteiger partial charge in [0.2, 0.25) is 0 Å². The maximum atomic E-state index is 14.3. The lowest BCUT2D eigenvalue weighted by Gasteiger charge is -2.18. The number of aromatic nitrogens is 1. The summed E-state index contributed by atoms with van der Waals surface area (Å²) in [6.45, 7) is 5.09. The molecule has 0 saturated carbocycles. The number of fused-ring (bicyclic) bond motifs is 7. The molecule has 5 aromatic heterocycles. The van der Waals surface area contributed by atoms with Crippen molar-refractivity contribution in [2.45, 2.75) is 123 Å². The molecule has 1 atom stereocenters. The molecule has 5 heterocycles. The van der Waals surface area contributed by atoms with Gasteiger partial charge in [0, 0.05) is 15.9 Å². The Hall–Kier alpha value is -1.54. The van der Waals surface area contributed by atoms with E-state index in [2.05, 4.69) is 36.7 Å². The largest absolute Gasteiger partial charge is 0.274 e. The van der Waals surface area contributed by atoms with Gasteiger partial charge >= 0.3 is 0 Å². The van der Waals surface area contributed by atoms with Crippen LogP contribution in [-0.4, -0.2) is 4.57 Å². The van der Waals surface area contributed by atoms with Crippen LogP contribution in [0.4, 0.5) is 0 Å². The molecule has 0 radical (unpaired) electrons. The first-order valence-corrected chi connectivity index (χ1v) is 19.4. The molecular weight excluding hydrogens is 583 g/mol. The van der Waals surface area contributed by atoms with E-state index in [-0.39, 0.29) is 11.1 Å². The summed E-state index contributed by atoms with van der Waals surface area (Å²) in [7, 11) is 0. The first-order chi connectivity index (χ1) is 20.1. The molecular formula is C34H45NO2S4. The van der Waals surface area contributed by atoms with E-state index in [4.69, 9.17) is 0 Å². The van der Waals surface area contributed by atoms with E-state index < -0.39 is 0 Å². The van der Waals surface area contributed by atoms with Gasteiger partial charge in [0.25, 0.3) is 11.1 Å². The highest BCUT2D eigenvalue weighted by atomic mass is 32.1. The number of hydrogen-bond acceptors (Lipinski definition) is 6. The first kappa shape index (κ1) is 30.9. The lowest BCUT2D eigenvalue weighted by molar-refractivity contribution is 0.351. The number of nitrogens with zero attached hydrogens (tertiary/aromatic N) is 1. The van der Waals surface area contributed by atoms with E-state index in [9.17, 15) is 9.59 Å². The maximum Gasteiger partial charge on any atom is 0.263 e. The standard InChI is InChI=1S/C34H45NO2S4/c1-3-5-7-9-11-12-14-16-18-24(17-15-13-10-8-6-4-2)23-35-33(36)27-29-25(19-21-38-29)40-31(27)32-28(34(35)37)30-26(41-32)20-22-39-30/h19-22,24H,3-18,23H2,1-2H3. The summed E-state index contributed by atoms with van der Waals surface area (Å²) >= 11 is 6.64. The molecule has 7 heteroatoms. The average Bonchev–Trinajstić information content (AvgIpc) is 3.73. The quantitative estimate of drug-likeness (QED) is 0.0907. The Kier molecular flexibility index (Phi) is 11.5. The molecule has 1 unspecified atom stereocenters. The molecule has 0 aliphatic carbocycles. The van der Waals surface area contributed by atoms with Crippen molar-refractivity contribution < 1.29 is 0 Å². The van der Waals surface area contributed by atoms with Gasteiger partial charge in [-0.25, -0.2) is 0 Å². The fraction of sp³-hybridized carbons (Fsp3) is 0.588. The Morgan fingerprint density at radius 3 is 1.44 bits per heavy atom. The summed E-state index contributed by atoms with van der Waals surface area (Å²) in [6, 6.07) is 4.25. The molecule has 222 valence electrons. The Morgan fingerprint density at radius 2 is 1.00 bits per heavy atom. The normalized spacial score (nSPS) is 12.9. The third kappa shape index (κ3) is 7.17. The van der Waals surface area contributed by atoms with Gasteiger partial charge in [-0.15, -0.1) is 45.3 Å². The Morgan fingerprint density at radius 1 is 0.585 bits per heavy atom. The third-order valence-corrected chi connectivity index (χ3v) is 13.2. The molecule has 5 aromatic rings. The van der Waals surface area contributed by atoms with Crippen molar-refractivity contribution in [2.75, 3.05) is 0 Å². The van der Waals surface area contributed by atoms with Crippen LogP contribution < -0.4 is 11.1 Å². The monoisotopic (exact) mass is 627 g/mol. The summed E-state index contributed by atoms with van der Waals surface area (Å²) in [4.78, 5) is 28.5. The van der Waals surface area contributed by atoms with Gasteiger partial charge in [-0.2, -0.15) is 0 Å². The minimum atomic E-state index is -0.0734. The van der Waals surface area contributed by atoms with E-state index in [0.29, 0.717) is 12.5 Å². The van der Waals surface area contributed by atoms with Crippen LogP contribution in [0.5, 0.6) is 0 Å². The molecule has 0 fully saturated rings. The topological polar surface area (TPSA) is 39.1 Å². The van der Waals surface area contributed by atoms with Gasteiger partial charge in [-0.3, -0.25) is 14.2 Å². The lowest BCUT2D eigenvalue weighted by Crippen LogP contribution is -2.33. The van der Waals surface area contributed by atoms with Crippen molar-refractivity contribution in [1.29, 1.82) is 0 Å². The van der Waals surface area contributed by atoms with E-state index >= 15 is 0 Å². The highest BCUT2D eigenvalue weighted by Crippen LogP contribution is 2.43. The van der Waals surface area contributed by atoms with Gasteiger partial charge in [0.05, 0.1) is 29.6 Å². The van der Waals surface area contributed by atoms with Crippen LogP contribution in [0.15, 0.2) is 32.5 Å². The fourth-order valence-electron chi connectivity index (χ4n) is 6.25. The van der Waals surface area contributed by atoms with Gasteiger partial charge in [0.15, 0.2) is 0 Å². The Labute approximate surface area is 260 Å². The van der Waals surface area contributed by atoms with Gasteiger partial charge < -0.3 is 0 Å². The molecule has 5 rings (SSSR count). The molecule has 3 nitrogen and oxygen atoms in total. The zero-order valence-electron chi connectivity index (χ0n) is 24.8. The highest BCUT2D eigenvalue weighted by Gasteiger charge is 2.22. The van der Waals surface area contributed by atoms with Crippen molar-refractivity contribution in [2.24, 2.45) is 5.92 Å². The van der Waals surface area contributed by atoms with Crippen molar-refractivity contribution in [3.8, 4) is 0 Å². The molecule has 0 N–H and O–H groups in total. The fourth-order valence-corrected chi connectivity index (χ4v) is 11.1. The Bertz CT molecular complexity index is 1570. The van der Waals surface area contributed by atoms with E-state index in [1.165, 1.54) is 89.9 Å². The zero-order chi connectivity index (χ0) is 28.6. The van der Waals surface area contributed by atoms with Crippen molar-refractivity contribution in [1.82, 2.24) is 4.57 Å². The molecule has 0 aliphatic heterocycles. The maximum absolute atomic E-state index is 14.3. The molecule has 0 aliphatic rings. The SMILES string of the molecule is CCCCCCCCCCC(CCCCCCCC)Cn1c(=O)c2c3sccc3sc2c2sc3ccsc3c2c1=O. The van der Waals surface area contributed by atoms with Crippen LogP contribution in [0.2, 0.25) is 0 Å². The van der Waals surface area contributed by atoms with Crippen LogP contribution in [0, 0.1) is 5.92 Å². The first-order valence-electron chi connectivity index (χ1n) is 16.0. The molecule has 0 bridgehead atoms. The predicted octanol–water partition coefficient (Wildman–Crippen LogP) is 12.0. The highest BCUT2D eigenvalue weighted by molar-refractivity contribution is 7.38. The van der Waals surface area contributed by atoms with Crippen molar-refractivity contribution in [3.05, 3.63) is 43.6 Å². The van der Waals surface area contributed by atoms with E-state index in [1.807, 2.05) is 0 Å². The minimum Gasteiger partial charge on any atom is -0.274 e. The second-order valence-corrected chi connectivity index (χ2v) is 15.7. The number of rotatable bonds is 18. The van der Waals surface area contributed by atoms with Gasteiger partial charge in [0.1, 0.15) is 0 Å². The second kappa shape index (κ2) is 15.3. The zero-order valence-corrected chi connectivity index (χ0v) is 28.1. The van der Waals surface area contributed by atoms with Gasteiger partial charge in [-0.1, -0.05) is 104 Å². The summed E-state index contributed by atoms with van der Waals surface area (Å²) in [5.41, 5.74) is -0.147. The smallest absolute Gasteiger partial charge is 0.263 e. The molecule has 0 amide bonds. The summed E-state index contributed by atoms with van der Waals surface area (Å²) in [5.74, 6) is 0.370. The summed E-state index contributed by atoms with van der Waals surface area (Å²) < 4.78 is 8.09. The van der Waals surface area contributed by atoms with Gasteiger partial charge in [-0.05, 0) is 41.7 Å². The number of unbranched alkanes of at least 4 members (excludes halogenated alkanes) is 12. The molecule has 0 aromatic carbocycles. The van der Waals surface area contributed by atoms with Crippen LogP contribution in [-0.2, 0) is 6.54 Å². The molecule has 0 saturated heterocycles. The average molecular weight is 628 g/mol.